The van der Waals surface area contributed by atoms with Gasteiger partial charge in [0.2, 0.25) is 0 Å². The molecule has 8 heteroatoms. The van der Waals surface area contributed by atoms with Gasteiger partial charge in [-0.05, 0) is 19.1 Å². The van der Waals surface area contributed by atoms with Crippen molar-refractivity contribution >= 4 is 28.3 Å². The van der Waals surface area contributed by atoms with Crippen molar-refractivity contribution in [2.75, 3.05) is 26.1 Å². The number of rotatable bonds is 6. The first-order chi connectivity index (χ1) is 11.1. The number of carbonyl (C=O) groups excluding carboxylic acids is 2. The van der Waals surface area contributed by atoms with Gasteiger partial charge in [-0.1, -0.05) is 6.07 Å². The van der Waals surface area contributed by atoms with E-state index in [4.69, 9.17) is 14.2 Å². The van der Waals surface area contributed by atoms with E-state index in [-0.39, 0.29) is 12.3 Å². The van der Waals surface area contributed by atoms with Crippen LogP contribution in [0.1, 0.15) is 27.8 Å². The predicted octanol–water partition coefficient (Wildman–Crippen LogP) is 2.59. The molecule has 0 saturated heterocycles. The van der Waals surface area contributed by atoms with Crippen LogP contribution in [-0.2, 0) is 4.74 Å². The van der Waals surface area contributed by atoms with Crippen LogP contribution in [-0.4, -0.2) is 37.7 Å². The molecule has 0 fully saturated rings. The third-order valence-corrected chi connectivity index (χ3v) is 3.61. The van der Waals surface area contributed by atoms with Crippen molar-refractivity contribution in [1.29, 1.82) is 0 Å². The second-order valence-electron chi connectivity index (χ2n) is 4.25. The van der Waals surface area contributed by atoms with Gasteiger partial charge in [-0.15, -0.1) is 11.3 Å². The molecule has 23 heavy (non-hydrogen) atoms. The summed E-state index contributed by atoms with van der Waals surface area (Å²) < 4.78 is 15.2. The lowest BCUT2D eigenvalue weighted by atomic mass is 10.1. The molecular weight excluding hydrogens is 320 g/mol. The number of nitrogens with one attached hydrogen (secondary N) is 1. The highest BCUT2D eigenvalue weighted by atomic mass is 32.1. The summed E-state index contributed by atoms with van der Waals surface area (Å²) in [6, 6.07) is 4.98. The molecule has 0 unspecified atom stereocenters. The van der Waals surface area contributed by atoms with E-state index in [1.165, 1.54) is 19.6 Å². The number of anilines is 1. The quantitative estimate of drug-likeness (QED) is 0.816. The van der Waals surface area contributed by atoms with Crippen molar-refractivity contribution in [2.45, 2.75) is 6.92 Å². The molecule has 0 atom stereocenters. The first-order valence-corrected chi connectivity index (χ1v) is 7.63. The van der Waals surface area contributed by atoms with Gasteiger partial charge < -0.3 is 14.2 Å². The zero-order valence-electron chi connectivity index (χ0n) is 12.9. The number of amides is 1. The minimum Gasteiger partial charge on any atom is -0.493 e. The van der Waals surface area contributed by atoms with Gasteiger partial charge in [0.1, 0.15) is 0 Å². The molecule has 2 aromatic rings. The Morgan fingerprint density at radius 3 is 2.70 bits per heavy atom. The van der Waals surface area contributed by atoms with E-state index >= 15 is 0 Å². The SMILES string of the molecule is CCOC(=O)c1csc(NC(=O)c2cccc(OC)c2OC)n1. The first-order valence-electron chi connectivity index (χ1n) is 6.75. The lowest BCUT2D eigenvalue weighted by Gasteiger charge is -2.11. The number of benzene rings is 1. The molecule has 0 aliphatic carbocycles. The van der Waals surface area contributed by atoms with E-state index < -0.39 is 11.9 Å². The van der Waals surface area contributed by atoms with Gasteiger partial charge in [-0.3, -0.25) is 10.1 Å². The van der Waals surface area contributed by atoms with Crippen LogP contribution in [0.15, 0.2) is 23.6 Å². The fourth-order valence-electron chi connectivity index (χ4n) is 1.86. The monoisotopic (exact) mass is 336 g/mol. The molecule has 0 spiro atoms. The zero-order valence-corrected chi connectivity index (χ0v) is 13.7. The van der Waals surface area contributed by atoms with Crippen molar-refractivity contribution < 1.29 is 23.8 Å². The van der Waals surface area contributed by atoms with E-state index in [1.54, 1.807) is 25.1 Å². The van der Waals surface area contributed by atoms with Gasteiger partial charge in [0.05, 0.1) is 26.4 Å². The van der Waals surface area contributed by atoms with Crippen molar-refractivity contribution in [3.8, 4) is 11.5 Å². The standard InChI is InChI=1S/C15H16N2O5S/c1-4-22-14(19)10-8-23-15(16-10)17-13(18)9-6-5-7-11(20-2)12(9)21-3/h5-8H,4H2,1-3H3,(H,16,17,18). The van der Waals surface area contributed by atoms with Crippen LogP contribution in [0.3, 0.4) is 0 Å². The number of hydrogen-bond acceptors (Lipinski definition) is 7. The summed E-state index contributed by atoms with van der Waals surface area (Å²) in [6.45, 7) is 1.97. The van der Waals surface area contributed by atoms with Crippen molar-refractivity contribution in [3.05, 3.63) is 34.8 Å². The van der Waals surface area contributed by atoms with Crippen molar-refractivity contribution in [1.82, 2.24) is 4.98 Å². The molecule has 1 amide bonds. The number of ether oxygens (including phenoxy) is 3. The maximum atomic E-state index is 12.4. The molecule has 0 aliphatic rings. The predicted molar refractivity (Wildman–Crippen MR) is 85.6 cm³/mol. The molecule has 0 bridgehead atoms. The summed E-state index contributed by atoms with van der Waals surface area (Å²) >= 11 is 1.13. The topological polar surface area (TPSA) is 86.8 Å². The normalized spacial score (nSPS) is 10.0. The van der Waals surface area contributed by atoms with Crippen LogP contribution in [0.4, 0.5) is 5.13 Å². The molecule has 0 radical (unpaired) electrons. The van der Waals surface area contributed by atoms with Gasteiger partial charge >= 0.3 is 5.97 Å². The van der Waals surface area contributed by atoms with E-state index in [0.717, 1.165) is 11.3 Å². The Labute approximate surface area is 137 Å². The molecule has 0 aliphatic heterocycles. The average molecular weight is 336 g/mol. The van der Waals surface area contributed by atoms with Gasteiger partial charge in [0, 0.05) is 5.38 Å². The molecule has 0 saturated carbocycles. The third-order valence-electron chi connectivity index (χ3n) is 2.86. The molecule has 1 aromatic heterocycles. The summed E-state index contributed by atoms with van der Waals surface area (Å²) in [5.41, 5.74) is 0.462. The lowest BCUT2D eigenvalue weighted by molar-refractivity contribution is 0.0520. The number of esters is 1. The Morgan fingerprint density at radius 1 is 1.26 bits per heavy atom. The maximum Gasteiger partial charge on any atom is 0.357 e. The second-order valence-corrected chi connectivity index (χ2v) is 5.11. The number of aromatic nitrogens is 1. The van der Waals surface area contributed by atoms with Gasteiger partial charge in [-0.2, -0.15) is 0 Å². The summed E-state index contributed by atoms with van der Waals surface area (Å²) in [7, 11) is 2.95. The molecule has 1 aromatic carbocycles. The number of hydrogen-bond donors (Lipinski definition) is 1. The number of carbonyl (C=O) groups is 2. The van der Waals surface area contributed by atoms with Gasteiger partial charge in [0.25, 0.3) is 5.91 Å². The third kappa shape index (κ3) is 3.78. The van der Waals surface area contributed by atoms with E-state index in [1.807, 2.05) is 0 Å². The fraction of sp³-hybridized carbons (Fsp3) is 0.267. The highest BCUT2D eigenvalue weighted by Crippen LogP contribution is 2.31. The highest BCUT2D eigenvalue weighted by Gasteiger charge is 2.18. The van der Waals surface area contributed by atoms with Crippen LogP contribution < -0.4 is 14.8 Å². The summed E-state index contributed by atoms with van der Waals surface area (Å²) in [6.07, 6.45) is 0. The van der Waals surface area contributed by atoms with E-state index in [0.29, 0.717) is 22.2 Å². The van der Waals surface area contributed by atoms with E-state index in [2.05, 4.69) is 10.3 Å². The molecular formula is C15H16N2O5S. The van der Waals surface area contributed by atoms with Gasteiger partial charge in [0.15, 0.2) is 22.3 Å². The van der Waals surface area contributed by atoms with Crippen LogP contribution in [0.2, 0.25) is 0 Å². The molecule has 122 valence electrons. The highest BCUT2D eigenvalue weighted by molar-refractivity contribution is 7.14. The molecule has 1 heterocycles. The van der Waals surface area contributed by atoms with Crippen molar-refractivity contribution in [2.24, 2.45) is 0 Å². The van der Waals surface area contributed by atoms with Crippen LogP contribution in [0, 0.1) is 0 Å². The Kier molecular flexibility index (Phi) is 5.53. The fourth-order valence-corrected chi connectivity index (χ4v) is 2.54. The Balaban J connectivity index is 2.18. The van der Waals surface area contributed by atoms with Crippen LogP contribution in [0.5, 0.6) is 11.5 Å². The zero-order chi connectivity index (χ0) is 16.8. The van der Waals surface area contributed by atoms with Crippen LogP contribution in [0.25, 0.3) is 0 Å². The molecule has 1 N–H and O–H groups in total. The van der Waals surface area contributed by atoms with Crippen LogP contribution >= 0.6 is 11.3 Å². The van der Waals surface area contributed by atoms with Crippen molar-refractivity contribution in [3.63, 3.8) is 0 Å². The minimum atomic E-state index is -0.525. The molecule has 7 nitrogen and oxygen atoms in total. The Hall–Kier alpha value is -2.61. The Bertz CT molecular complexity index is 714. The summed E-state index contributed by atoms with van der Waals surface area (Å²) in [5, 5.41) is 4.45. The summed E-state index contributed by atoms with van der Waals surface area (Å²) in [4.78, 5) is 28.0. The lowest BCUT2D eigenvalue weighted by Crippen LogP contribution is -2.14. The Morgan fingerprint density at radius 2 is 2.04 bits per heavy atom. The maximum absolute atomic E-state index is 12.4. The average Bonchev–Trinajstić information content (AvgIpc) is 3.02. The number of para-hydroxylation sites is 1. The number of thiazole rings is 1. The second kappa shape index (κ2) is 7.59. The number of nitrogens with zero attached hydrogens (tertiary/aromatic N) is 1. The summed E-state index contributed by atoms with van der Waals surface area (Å²) in [5.74, 6) is -0.158. The largest absolute Gasteiger partial charge is 0.493 e. The smallest absolute Gasteiger partial charge is 0.357 e. The first kappa shape index (κ1) is 16.8. The van der Waals surface area contributed by atoms with Gasteiger partial charge in [-0.25, -0.2) is 9.78 Å². The van der Waals surface area contributed by atoms with E-state index in [9.17, 15) is 9.59 Å². The number of methoxy groups -OCH3 is 2. The minimum absolute atomic E-state index is 0.157. The molecule has 2 rings (SSSR count).